The molecule has 1 atom stereocenters. The molecule has 1 fully saturated rings. The predicted octanol–water partition coefficient (Wildman–Crippen LogP) is 1.93. The van der Waals surface area contributed by atoms with Crippen LogP contribution in [0.15, 0.2) is 29.1 Å². The molecule has 162 valence electrons. The number of benzene rings is 1. The lowest BCUT2D eigenvalue weighted by Crippen LogP contribution is -2.36. The summed E-state index contributed by atoms with van der Waals surface area (Å²) >= 11 is 0. The molecule has 0 spiro atoms. The summed E-state index contributed by atoms with van der Waals surface area (Å²) in [7, 11) is 0. The summed E-state index contributed by atoms with van der Waals surface area (Å²) in [5.41, 5.74) is 0.692. The maximum Gasteiger partial charge on any atom is 0.346 e. The van der Waals surface area contributed by atoms with Crippen LogP contribution in [-0.4, -0.2) is 50.8 Å². The average molecular weight is 416 g/mol. The van der Waals surface area contributed by atoms with Gasteiger partial charge in [0.25, 0.3) is 0 Å². The molecule has 0 aliphatic carbocycles. The van der Waals surface area contributed by atoms with E-state index in [1.807, 2.05) is 0 Å². The van der Waals surface area contributed by atoms with Crippen LogP contribution in [0.5, 0.6) is 0 Å². The highest BCUT2D eigenvalue weighted by atomic mass is 19.1. The number of halogens is 1. The SMILES string of the molecule is O=C(CCCN1CCCC1)NC1CCc2nn(Cc3ccc(F)cc3)c(=O)n2CC1. The summed E-state index contributed by atoms with van der Waals surface area (Å²) in [5.74, 6) is 0.566. The molecule has 1 unspecified atom stereocenters. The Morgan fingerprint density at radius 2 is 1.90 bits per heavy atom. The number of likely N-dealkylation sites (tertiary alicyclic amines) is 1. The van der Waals surface area contributed by atoms with Gasteiger partial charge in [-0.1, -0.05) is 12.1 Å². The van der Waals surface area contributed by atoms with E-state index in [0.29, 0.717) is 25.9 Å². The second-order valence-electron chi connectivity index (χ2n) is 8.38. The van der Waals surface area contributed by atoms with Gasteiger partial charge in [0.2, 0.25) is 5.91 Å². The number of hydrogen-bond donors (Lipinski definition) is 1. The smallest absolute Gasteiger partial charge is 0.346 e. The van der Waals surface area contributed by atoms with Crippen LogP contribution >= 0.6 is 0 Å². The normalized spacial score (nSPS) is 19.4. The number of amides is 1. The quantitative estimate of drug-likeness (QED) is 0.750. The van der Waals surface area contributed by atoms with Crippen molar-refractivity contribution in [1.82, 2.24) is 24.6 Å². The van der Waals surface area contributed by atoms with E-state index in [2.05, 4.69) is 15.3 Å². The molecular formula is C22H30FN5O2. The number of nitrogens with zero attached hydrogens (tertiary/aromatic N) is 4. The van der Waals surface area contributed by atoms with E-state index in [1.54, 1.807) is 16.7 Å². The molecular weight excluding hydrogens is 385 g/mol. The molecule has 1 aromatic carbocycles. The number of fused-ring (bicyclic) bond motifs is 1. The molecule has 2 aliphatic heterocycles. The summed E-state index contributed by atoms with van der Waals surface area (Å²) in [5, 5.41) is 7.64. The number of aromatic nitrogens is 3. The van der Waals surface area contributed by atoms with Crippen molar-refractivity contribution in [3.63, 3.8) is 0 Å². The first-order chi connectivity index (χ1) is 14.6. The fourth-order valence-corrected chi connectivity index (χ4v) is 4.41. The zero-order valence-electron chi connectivity index (χ0n) is 17.4. The highest BCUT2D eigenvalue weighted by Gasteiger charge is 2.22. The Morgan fingerprint density at radius 3 is 2.67 bits per heavy atom. The van der Waals surface area contributed by atoms with Crippen LogP contribution in [0, 0.1) is 5.82 Å². The van der Waals surface area contributed by atoms with Crippen molar-refractivity contribution in [3.8, 4) is 0 Å². The van der Waals surface area contributed by atoms with E-state index in [4.69, 9.17) is 0 Å². The summed E-state index contributed by atoms with van der Waals surface area (Å²) in [6, 6.07) is 6.19. The lowest BCUT2D eigenvalue weighted by molar-refractivity contribution is -0.122. The van der Waals surface area contributed by atoms with Gasteiger partial charge in [-0.05, 0) is 69.4 Å². The van der Waals surface area contributed by atoms with E-state index in [1.165, 1.54) is 29.7 Å². The molecule has 2 aromatic rings. The molecule has 1 aromatic heterocycles. The van der Waals surface area contributed by atoms with Gasteiger partial charge in [-0.15, -0.1) is 0 Å². The van der Waals surface area contributed by atoms with Gasteiger partial charge in [-0.2, -0.15) is 5.10 Å². The number of aryl methyl sites for hydroxylation is 1. The molecule has 8 heteroatoms. The minimum Gasteiger partial charge on any atom is -0.353 e. The van der Waals surface area contributed by atoms with E-state index >= 15 is 0 Å². The van der Waals surface area contributed by atoms with Crippen LogP contribution in [0.4, 0.5) is 4.39 Å². The molecule has 7 nitrogen and oxygen atoms in total. The highest BCUT2D eigenvalue weighted by Crippen LogP contribution is 2.13. The number of rotatable bonds is 7. The standard InChI is InChI=1S/C22H30FN5O2/c23-18-7-5-17(6-8-18)16-28-22(30)27-15-11-19(9-10-20(27)25-28)24-21(29)4-3-14-26-12-1-2-13-26/h5-8,19H,1-4,9-16H2,(H,24,29). The number of carbonyl (C=O) groups is 1. The summed E-state index contributed by atoms with van der Waals surface area (Å²) in [4.78, 5) is 27.5. The van der Waals surface area contributed by atoms with Gasteiger partial charge < -0.3 is 10.2 Å². The minimum atomic E-state index is -0.296. The van der Waals surface area contributed by atoms with Gasteiger partial charge in [0, 0.05) is 25.4 Å². The molecule has 1 N–H and O–H groups in total. The van der Waals surface area contributed by atoms with E-state index in [9.17, 15) is 14.0 Å². The van der Waals surface area contributed by atoms with Crippen LogP contribution in [-0.2, 0) is 24.3 Å². The second-order valence-corrected chi connectivity index (χ2v) is 8.38. The Hall–Kier alpha value is -2.48. The summed E-state index contributed by atoms with van der Waals surface area (Å²) in [6.45, 7) is 4.20. The van der Waals surface area contributed by atoms with Crippen molar-refractivity contribution < 1.29 is 9.18 Å². The largest absolute Gasteiger partial charge is 0.353 e. The molecule has 1 amide bonds. The van der Waals surface area contributed by atoms with Gasteiger partial charge in [0.1, 0.15) is 11.6 Å². The maximum absolute atomic E-state index is 13.1. The fraction of sp³-hybridized carbons (Fsp3) is 0.591. The van der Waals surface area contributed by atoms with Gasteiger partial charge in [0.05, 0.1) is 6.54 Å². The summed E-state index contributed by atoms with van der Waals surface area (Å²) in [6.07, 6.45) is 6.17. The van der Waals surface area contributed by atoms with Crippen molar-refractivity contribution in [2.45, 2.75) is 64.1 Å². The first-order valence-corrected chi connectivity index (χ1v) is 11.0. The second kappa shape index (κ2) is 9.55. The van der Waals surface area contributed by atoms with Crippen molar-refractivity contribution in [1.29, 1.82) is 0 Å². The zero-order chi connectivity index (χ0) is 20.9. The van der Waals surface area contributed by atoms with Crippen LogP contribution in [0.25, 0.3) is 0 Å². The molecule has 4 rings (SSSR count). The lowest BCUT2D eigenvalue weighted by atomic mass is 10.1. The topological polar surface area (TPSA) is 72.2 Å². The van der Waals surface area contributed by atoms with Crippen LogP contribution in [0.1, 0.15) is 49.9 Å². The Labute approximate surface area is 175 Å². The van der Waals surface area contributed by atoms with Crippen LogP contribution in [0.3, 0.4) is 0 Å². The third-order valence-corrected chi connectivity index (χ3v) is 6.10. The zero-order valence-corrected chi connectivity index (χ0v) is 17.4. The molecule has 0 radical (unpaired) electrons. The van der Waals surface area contributed by atoms with Gasteiger partial charge in [-0.3, -0.25) is 9.36 Å². The molecule has 1 saturated heterocycles. The average Bonchev–Trinajstić information content (AvgIpc) is 3.29. The van der Waals surface area contributed by atoms with Crippen molar-refractivity contribution in [2.24, 2.45) is 0 Å². The Morgan fingerprint density at radius 1 is 1.13 bits per heavy atom. The maximum atomic E-state index is 13.1. The van der Waals surface area contributed by atoms with Crippen LogP contribution in [0.2, 0.25) is 0 Å². The number of hydrogen-bond acceptors (Lipinski definition) is 4. The first kappa shape index (κ1) is 20.8. The van der Waals surface area contributed by atoms with E-state index in [-0.39, 0.29) is 23.5 Å². The lowest BCUT2D eigenvalue weighted by Gasteiger charge is -2.17. The number of carbonyl (C=O) groups excluding carboxylic acids is 1. The Kier molecular flexibility index (Phi) is 6.62. The van der Waals surface area contributed by atoms with Crippen LogP contribution < -0.4 is 11.0 Å². The predicted molar refractivity (Wildman–Crippen MR) is 112 cm³/mol. The van der Waals surface area contributed by atoms with Crippen molar-refractivity contribution >= 4 is 5.91 Å². The van der Waals surface area contributed by atoms with E-state index in [0.717, 1.165) is 50.3 Å². The van der Waals surface area contributed by atoms with Gasteiger partial charge in [0.15, 0.2) is 0 Å². The third kappa shape index (κ3) is 5.16. The van der Waals surface area contributed by atoms with Crippen molar-refractivity contribution in [3.05, 3.63) is 52.0 Å². The minimum absolute atomic E-state index is 0.0796. The third-order valence-electron chi connectivity index (χ3n) is 6.10. The van der Waals surface area contributed by atoms with Crippen molar-refractivity contribution in [2.75, 3.05) is 19.6 Å². The number of nitrogens with one attached hydrogen (secondary N) is 1. The molecule has 3 heterocycles. The molecule has 0 bridgehead atoms. The Bertz CT molecular complexity index is 915. The van der Waals surface area contributed by atoms with Gasteiger partial charge in [-0.25, -0.2) is 13.9 Å². The highest BCUT2D eigenvalue weighted by molar-refractivity contribution is 5.76. The monoisotopic (exact) mass is 415 g/mol. The molecule has 0 saturated carbocycles. The fourth-order valence-electron chi connectivity index (χ4n) is 4.41. The first-order valence-electron chi connectivity index (χ1n) is 11.0. The molecule has 2 aliphatic rings. The summed E-state index contributed by atoms with van der Waals surface area (Å²) < 4.78 is 16.2. The Balaban J connectivity index is 1.28. The van der Waals surface area contributed by atoms with Gasteiger partial charge >= 0.3 is 5.69 Å². The van der Waals surface area contributed by atoms with E-state index < -0.39 is 0 Å². The molecule has 30 heavy (non-hydrogen) atoms.